The molecule has 3 aromatic rings. The van der Waals surface area contributed by atoms with Gasteiger partial charge >= 0.3 is 12.1 Å². The number of likely N-dealkylation sites (tertiary alicyclic amines) is 1. The van der Waals surface area contributed by atoms with E-state index < -0.39 is 45.6 Å². The lowest BCUT2D eigenvalue weighted by molar-refractivity contribution is -0.192. The Kier molecular flexibility index (Phi) is 14.1. The van der Waals surface area contributed by atoms with Crippen molar-refractivity contribution in [2.45, 2.75) is 74.0 Å². The number of hydrogen-bond donors (Lipinski definition) is 3. The van der Waals surface area contributed by atoms with Crippen molar-refractivity contribution in [1.82, 2.24) is 9.62 Å². The Labute approximate surface area is 309 Å². The third-order valence-corrected chi connectivity index (χ3v) is 10.8. The number of rotatable bonds is 11. The first kappa shape index (κ1) is 41.8. The largest absolute Gasteiger partial charge is 0.496 e. The minimum atomic E-state index is -5.08. The summed E-state index contributed by atoms with van der Waals surface area (Å²) in [6.45, 7) is 0.813. The highest BCUT2D eigenvalue weighted by Gasteiger charge is 2.50. The molecule has 1 saturated heterocycles. The molecule has 0 bridgehead atoms. The van der Waals surface area contributed by atoms with Crippen LogP contribution >= 0.6 is 11.6 Å². The number of aliphatic carboxylic acids is 1. The fourth-order valence-corrected chi connectivity index (χ4v) is 7.34. The Hall–Kier alpha value is -3.99. The first-order valence-corrected chi connectivity index (χ1v) is 18.7. The van der Waals surface area contributed by atoms with Crippen LogP contribution in [0.4, 0.5) is 22.0 Å². The van der Waals surface area contributed by atoms with Crippen molar-refractivity contribution in [1.29, 1.82) is 0 Å². The van der Waals surface area contributed by atoms with Gasteiger partial charge in [0, 0.05) is 35.3 Å². The average Bonchev–Trinajstić information content (AvgIpc) is 3.13. The number of halogens is 6. The second-order valence-corrected chi connectivity index (χ2v) is 15.0. The van der Waals surface area contributed by atoms with E-state index in [1.807, 2.05) is 0 Å². The molecule has 4 N–H and O–H groups in total. The first-order valence-electron chi connectivity index (χ1n) is 16.8. The molecule has 1 amide bonds. The topological polar surface area (TPSA) is 148 Å². The molecule has 0 radical (unpaired) electrons. The number of carboxylic acid groups (broad SMARTS) is 1. The molecule has 53 heavy (non-hydrogen) atoms. The van der Waals surface area contributed by atoms with Crippen molar-refractivity contribution >= 4 is 33.5 Å². The van der Waals surface area contributed by atoms with E-state index >= 15 is 8.78 Å². The number of carbonyl (C=O) groups excluding carboxylic acids is 1. The fourth-order valence-electron chi connectivity index (χ4n) is 6.02. The van der Waals surface area contributed by atoms with Gasteiger partial charge in [0.25, 0.3) is 5.92 Å². The summed E-state index contributed by atoms with van der Waals surface area (Å²) in [6.07, 6.45) is 1.52. The van der Waals surface area contributed by atoms with Gasteiger partial charge in [-0.1, -0.05) is 55.1 Å². The van der Waals surface area contributed by atoms with Gasteiger partial charge in [-0.3, -0.25) is 4.79 Å². The van der Waals surface area contributed by atoms with Gasteiger partial charge < -0.3 is 25.2 Å². The molecule has 0 spiro atoms. The van der Waals surface area contributed by atoms with E-state index in [2.05, 4.69) is 4.72 Å². The van der Waals surface area contributed by atoms with Gasteiger partial charge in [0.15, 0.2) is 6.04 Å². The number of nitrogens with two attached hydrogens (primary N) is 1. The van der Waals surface area contributed by atoms with Gasteiger partial charge in [-0.15, -0.1) is 0 Å². The van der Waals surface area contributed by atoms with E-state index in [-0.39, 0.29) is 29.8 Å². The highest BCUT2D eigenvalue weighted by Crippen LogP contribution is 2.40. The van der Waals surface area contributed by atoms with Crippen molar-refractivity contribution in [3.05, 3.63) is 77.3 Å². The number of nitrogens with zero attached hydrogens (tertiary/aromatic N) is 1. The Morgan fingerprint density at radius 3 is 2.08 bits per heavy atom. The van der Waals surface area contributed by atoms with Crippen molar-refractivity contribution in [3.8, 4) is 22.6 Å². The van der Waals surface area contributed by atoms with Crippen LogP contribution in [0.1, 0.15) is 50.5 Å². The number of piperidine rings is 1. The molecule has 5 rings (SSSR count). The molecule has 0 unspecified atom stereocenters. The van der Waals surface area contributed by atoms with Gasteiger partial charge in [0.05, 0.1) is 18.6 Å². The molecule has 2 fully saturated rings. The van der Waals surface area contributed by atoms with Crippen LogP contribution in [0, 0.1) is 5.92 Å². The van der Waals surface area contributed by atoms with Crippen LogP contribution in [0.3, 0.4) is 0 Å². The summed E-state index contributed by atoms with van der Waals surface area (Å²) in [7, 11) is -3.22. The predicted octanol–water partition coefficient (Wildman–Crippen LogP) is 7.00. The summed E-state index contributed by atoms with van der Waals surface area (Å²) in [5.41, 5.74) is 6.60. The maximum Gasteiger partial charge on any atom is 0.490 e. The normalized spacial score (nSPS) is 16.6. The van der Waals surface area contributed by atoms with Crippen molar-refractivity contribution in [2.24, 2.45) is 11.7 Å². The zero-order chi connectivity index (χ0) is 39.0. The van der Waals surface area contributed by atoms with E-state index in [4.69, 9.17) is 36.7 Å². The summed E-state index contributed by atoms with van der Waals surface area (Å²) in [4.78, 5) is 23.6. The maximum atomic E-state index is 16.5. The number of sulfonamides is 1. The number of methoxy groups -OCH3 is 1. The smallest absolute Gasteiger partial charge is 0.490 e. The van der Waals surface area contributed by atoms with Gasteiger partial charge in [0.1, 0.15) is 11.5 Å². The molecule has 2 aliphatic rings. The van der Waals surface area contributed by atoms with Gasteiger partial charge in [-0.2, -0.15) is 26.7 Å². The lowest BCUT2D eigenvalue weighted by Gasteiger charge is -2.35. The summed E-state index contributed by atoms with van der Waals surface area (Å²) in [5.74, 6) is -6.68. The van der Waals surface area contributed by atoms with E-state index in [0.717, 1.165) is 18.9 Å². The number of alkyl halides is 5. The molecule has 1 aliphatic heterocycles. The zero-order valence-corrected chi connectivity index (χ0v) is 30.3. The van der Waals surface area contributed by atoms with Crippen LogP contribution < -0.4 is 19.9 Å². The van der Waals surface area contributed by atoms with Crippen molar-refractivity contribution < 1.29 is 54.5 Å². The van der Waals surface area contributed by atoms with Crippen LogP contribution in [-0.2, 0) is 25.5 Å². The Bertz CT molecular complexity index is 1800. The summed E-state index contributed by atoms with van der Waals surface area (Å²) in [6, 6.07) is 13.5. The number of carbonyl (C=O) groups is 2. The van der Waals surface area contributed by atoms with Crippen LogP contribution in [0.2, 0.25) is 5.02 Å². The summed E-state index contributed by atoms with van der Waals surface area (Å²) in [5, 5.41) is 7.64. The molecule has 17 heteroatoms. The highest BCUT2D eigenvalue weighted by molar-refractivity contribution is 7.89. The average molecular weight is 790 g/mol. The number of amides is 1. The molecule has 1 atom stereocenters. The first-order chi connectivity index (χ1) is 24.9. The van der Waals surface area contributed by atoms with Crippen LogP contribution in [0.25, 0.3) is 11.1 Å². The van der Waals surface area contributed by atoms with E-state index in [0.29, 0.717) is 47.3 Å². The Morgan fingerprint density at radius 1 is 0.943 bits per heavy atom. The van der Waals surface area contributed by atoms with E-state index in [1.54, 1.807) is 24.3 Å². The monoisotopic (exact) mass is 789 g/mol. The summed E-state index contributed by atoms with van der Waals surface area (Å²) < 4.78 is 105. The lowest BCUT2D eigenvalue weighted by atomic mass is 9.90. The van der Waals surface area contributed by atoms with Crippen molar-refractivity contribution in [3.63, 3.8) is 0 Å². The van der Waals surface area contributed by atoms with Gasteiger partial charge in [-0.25, -0.2) is 13.2 Å². The number of ether oxygens (including phenoxy) is 2. The Balaban J connectivity index is 0.000000815. The van der Waals surface area contributed by atoms with Crippen LogP contribution in [-0.4, -0.2) is 75.4 Å². The Morgan fingerprint density at radius 2 is 1.53 bits per heavy atom. The maximum absolute atomic E-state index is 16.5. The molecule has 1 aliphatic carbocycles. The molecule has 3 aromatic carbocycles. The lowest BCUT2D eigenvalue weighted by Crippen LogP contribution is -2.58. The zero-order valence-electron chi connectivity index (χ0n) is 28.8. The highest BCUT2D eigenvalue weighted by atomic mass is 35.5. The second-order valence-electron chi connectivity index (χ2n) is 12.9. The molecular weight excluding hydrogens is 749 g/mol. The van der Waals surface area contributed by atoms with Crippen LogP contribution in [0.15, 0.2) is 71.6 Å². The standard InChI is InChI=1S/C34H40ClF2N3O5S.C2HF3O2/c1-44-31-21-25(9-16-30(31)24-7-10-26(35)11-8-24)34(36,37)32(33(41)40-19-17-27(38)18-20-40)39-46(42,43)29-14-12-28(13-15-29)45-22-23-5-3-2-4-6-23;3-2(4,5)1(6)7/h7-16,21,23,27,32,39H,2-6,17-20,22,38H2,1H3;(H,6,7)/t32-;/m1./s1. The number of hydrogen-bond acceptors (Lipinski definition) is 7. The number of benzene rings is 3. The minimum Gasteiger partial charge on any atom is -0.496 e. The second kappa shape index (κ2) is 17.9. The molecule has 10 nitrogen and oxygen atoms in total. The molecular formula is C36H41ClF5N3O7S. The third kappa shape index (κ3) is 11.3. The SMILES string of the molecule is COc1cc(C(F)(F)[C@H](NS(=O)(=O)c2ccc(OCC3CCCCC3)cc2)C(=O)N2CCC(N)CC2)ccc1-c1ccc(Cl)cc1.O=C(O)C(F)(F)F. The van der Waals surface area contributed by atoms with Gasteiger partial charge in [0.2, 0.25) is 15.9 Å². The minimum absolute atomic E-state index is 0.126. The third-order valence-electron chi connectivity index (χ3n) is 9.06. The number of carboxylic acids is 1. The molecule has 290 valence electrons. The van der Waals surface area contributed by atoms with Crippen molar-refractivity contribution in [2.75, 3.05) is 26.8 Å². The summed E-state index contributed by atoms with van der Waals surface area (Å²) >= 11 is 6.01. The molecule has 0 aromatic heterocycles. The number of nitrogens with one attached hydrogen (secondary N) is 1. The quantitative estimate of drug-likeness (QED) is 0.176. The molecule has 1 heterocycles. The van der Waals surface area contributed by atoms with E-state index in [1.165, 1.54) is 67.7 Å². The van der Waals surface area contributed by atoms with Gasteiger partial charge in [-0.05, 0) is 79.6 Å². The molecule has 1 saturated carbocycles. The predicted molar refractivity (Wildman–Crippen MR) is 187 cm³/mol. The van der Waals surface area contributed by atoms with E-state index in [9.17, 15) is 26.4 Å². The van der Waals surface area contributed by atoms with Crippen LogP contribution in [0.5, 0.6) is 11.5 Å². The fraction of sp³-hybridized carbons (Fsp3) is 0.444.